The first-order valence-electron chi connectivity index (χ1n) is 7.39. The first kappa shape index (κ1) is 14.4. The largest absolute Gasteiger partial charge is 0.490 e. The lowest BCUT2D eigenvalue weighted by molar-refractivity contribution is 0.106. The van der Waals surface area contributed by atoms with Crippen LogP contribution in [0.3, 0.4) is 0 Å². The van der Waals surface area contributed by atoms with Crippen molar-refractivity contribution in [2.24, 2.45) is 0 Å². The molecule has 0 heterocycles. The minimum absolute atomic E-state index is 0.240. The summed E-state index contributed by atoms with van der Waals surface area (Å²) in [6, 6.07) is 15.4. The summed E-state index contributed by atoms with van der Waals surface area (Å²) in [6.45, 7) is 0.240. The van der Waals surface area contributed by atoms with Gasteiger partial charge < -0.3 is 9.84 Å². The van der Waals surface area contributed by atoms with Gasteiger partial charge in [0.1, 0.15) is 18.5 Å². The summed E-state index contributed by atoms with van der Waals surface area (Å²) in [5, 5.41) is 11.1. The van der Waals surface area contributed by atoms with E-state index in [-0.39, 0.29) is 6.61 Å². The molecule has 1 fully saturated rings. The van der Waals surface area contributed by atoms with Gasteiger partial charge in [-0.2, -0.15) is 0 Å². The first-order chi connectivity index (χ1) is 10.2. The van der Waals surface area contributed by atoms with Crippen LogP contribution in [0.1, 0.15) is 42.4 Å². The second-order valence-corrected chi connectivity index (χ2v) is 5.98. The van der Waals surface area contributed by atoms with E-state index in [0.717, 1.165) is 5.56 Å². The maximum absolute atomic E-state index is 10.4. The van der Waals surface area contributed by atoms with Gasteiger partial charge in [-0.05, 0) is 48.1 Å². The highest BCUT2D eigenvalue weighted by molar-refractivity contribution is 6.30. The van der Waals surface area contributed by atoms with Gasteiger partial charge in [0.05, 0.1) is 0 Å². The molecule has 1 unspecified atom stereocenters. The molecule has 1 atom stereocenters. The topological polar surface area (TPSA) is 29.5 Å². The molecule has 1 aliphatic rings. The molecule has 3 heteroatoms. The number of hydrogen-bond donors (Lipinski definition) is 1. The minimum atomic E-state index is -0.610. The third kappa shape index (κ3) is 3.39. The van der Waals surface area contributed by atoms with E-state index in [1.807, 2.05) is 30.3 Å². The van der Waals surface area contributed by atoms with Crippen LogP contribution >= 0.6 is 11.6 Å². The molecule has 2 aromatic carbocycles. The molecule has 2 aromatic rings. The van der Waals surface area contributed by atoms with E-state index >= 15 is 0 Å². The van der Waals surface area contributed by atoms with Gasteiger partial charge in [-0.1, -0.05) is 48.4 Å². The van der Waals surface area contributed by atoms with Crippen LogP contribution in [0.5, 0.6) is 5.75 Å². The van der Waals surface area contributed by atoms with Crippen molar-refractivity contribution in [2.75, 3.05) is 6.61 Å². The average Bonchev–Trinajstić information content (AvgIpc) is 2.44. The van der Waals surface area contributed by atoms with E-state index in [4.69, 9.17) is 16.3 Å². The fourth-order valence-electron chi connectivity index (χ4n) is 2.73. The van der Waals surface area contributed by atoms with Gasteiger partial charge in [-0.15, -0.1) is 0 Å². The number of aliphatic hydroxyl groups is 1. The minimum Gasteiger partial charge on any atom is -0.490 e. The molecular formula is C18H19ClO2. The van der Waals surface area contributed by atoms with Crippen molar-refractivity contribution in [3.8, 4) is 5.75 Å². The van der Waals surface area contributed by atoms with Crippen molar-refractivity contribution in [3.05, 3.63) is 64.7 Å². The second-order valence-electron chi connectivity index (χ2n) is 5.54. The summed E-state index contributed by atoms with van der Waals surface area (Å²) in [5.41, 5.74) is 2.26. The summed E-state index contributed by atoms with van der Waals surface area (Å²) >= 11 is 5.93. The quantitative estimate of drug-likeness (QED) is 0.866. The number of rotatable bonds is 5. The monoisotopic (exact) mass is 302 g/mol. The molecule has 2 nitrogen and oxygen atoms in total. The second kappa shape index (κ2) is 6.50. The normalized spacial score (nSPS) is 16.3. The van der Waals surface area contributed by atoms with Crippen molar-refractivity contribution in [1.29, 1.82) is 0 Å². The fraction of sp³-hybridized carbons (Fsp3) is 0.333. The lowest BCUT2D eigenvalue weighted by Gasteiger charge is -2.29. The van der Waals surface area contributed by atoms with Gasteiger partial charge in [-0.25, -0.2) is 0 Å². The zero-order chi connectivity index (χ0) is 14.7. The van der Waals surface area contributed by atoms with Crippen molar-refractivity contribution in [2.45, 2.75) is 31.3 Å². The Morgan fingerprint density at radius 1 is 1.14 bits per heavy atom. The molecule has 1 saturated carbocycles. The molecule has 1 aliphatic carbocycles. The third-order valence-corrected chi connectivity index (χ3v) is 4.34. The molecule has 0 aromatic heterocycles. The van der Waals surface area contributed by atoms with E-state index in [1.165, 1.54) is 24.8 Å². The molecule has 1 N–H and O–H groups in total. The Morgan fingerprint density at radius 3 is 2.67 bits per heavy atom. The summed E-state index contributed by atoms with van der Waals surface area (Å²) in [6.07, 6.45) is 3.12. The van der Waals surface area contributed by atoms with Crippen LogP contribution in [0, 0.1) is 0 Å². The zero-order valence-corrected chi connectivity index (χ0v) is 12.6. The van der Waals surface area contributed by atoms with E-state index in [9.17, 15) is 5.11 Å². The van der Waals surface area contributed by atoms with Gasteiger partial charge >= 0.3 is 0 Å². The molecule has 0 saturated heterocycles. The van der Waals surface area contributed by atoms with E-state index < -0.39 is 6.10 Å². The number of aliphatic hydroxyl groups excluding tert-OH is 1. The van der Waals surface area contributed by atoms with Gasteiger partial charge in [-0.3, -0.25) is 0 Å². The van der Waals surface area contributed by atoms with E-state index in [2.05, 4.69) is 6.07 Å². The number of benzene rings is 2. The number of hydrogen-bond acceptors (Lipinski definition) is 2. The predicted octanol–water partition coefficient (Wildman–Crippen LogP) is 4.72. The van der Waals surface area contributed by atoms with Crippen molar-refractivity contribution in [3.63, 3.8) is 0 Å². The highest BCUT2D eigenvalue weighted by Crippen LogP contribution is 2.39. The van der Waals surface area contributed by atoms with Crippen LogP contribution in [-0.4, -0.2) is 11.7 Å². The van der Waals surface area contributed by atoms with Crippen LogP contribution in [0.15, 0.2) is 48.5 Å². The highest BCUT2D eigenvalue weighted by Gasteiger charge is 2.24. The average molecular weight is 303 g/mol. The highest BCUT2D eigenvalue weighted by atomic mass is 35.5. The Labute approximate surface area is 130 Å². The maximum atomic E-state index is 10.4. The van der Waals surface area contributed by atoms with Crippen molar-refractivity contribution >= 4 is 11.6 Å². The van der Waals surface area contributed by atoms with Crippen LogP contribution in [0.25, 0.3) is 0 Å². The Kier molecular flexibility index (Phi) is 4.47. The summed E-state index contributed by atoms with van der Waals surface area (Å²) in [4.78, 5) is 0. The summed E-state index contributed by atoms with van der Waals surface area (Å²) < 4.78 is 5.65. The SMILES string of the molecule is OC(COc1cccc(Cl)c1)c1ccccc1C1CCC1. The molecular weight excluding hydrogens is 284 g/mol. The number of ether oxygens (including phenoxy) is 1. The van der Waals surface area contributed by atoms with Crippen LogP contribution in [0.2, 0.25) is 5.02 Å². The molecule has 21 heavy (non-hydrogen) atoms. The molecule has 0 aliphatic heterocycles. The standard InChI is InChI=1S/C18H19ClO2/c19-14-7-4-8-15(11-14)21-12-18(20)17-10-2-1-9-16(17)13-5-3-6-13/h1-2,4,7-11,13,18,20H,3,5-6,12H2. The molecule has 0 bridgehead atoms. The Morgan fingerprint density at radius 2 is 1.95 bits per heavy atom. The Hall–Kier alpha value is -1.51. The third-order valence-electron chi connectivity index (χ3n) is 4.10. The van der Waals surface area contributed by atoms with Crippen LogP contribution in [0.4, 0.5) is 0 Å². The molecule has 0 radical (unpaired) electrons. The lowest BCUT2D eigenvalue weighted by atomic mass is 9.77. The predicted molar refractivity (Wildman–Crippen MR) is 84.9 cm³/mol. The molecule has 0 amide bonds. The Bertz CT molecular complexity index is 608. The Balaban J connectivity index is 1.69. The van der Waals surface area contributed by atoms with Gasteiger partial charge in [0.25, 0.3) is 0 Å². The molecule has 110 valence electrons. The fourth-order valence-corrected chi connectivity index (χ4v) is 2.91. The van der Waals surface area contributed by atoms with Crippen LogP contribution in [-0.2, 0) is 0 Å². The maximum Gasteiger partial charge on any atom is 0.120 e. The van der Waals surface area contributed by atoms with E-state index in [0.29, 0.717) is 16.7 Å². The molecule has 0 spiro atoms. The van der Waals surface area contributed by atoms with E-state index in [1.54, 1.807) is 12.1 Å². The smallest absolute Gasteiger partial charge is 0.120 e. The molecule has 3 rings (SSSR count). The van der Waals surface area contributed by atoms with Crippen molar-refractivity contribution < 1.29 is 9.84 Å². The lowest BCUT2D eigenvalue weighted by Crippen LogP contribution is -2.16. The van der Waals surface area contributed by atoms with Crippen molar-refractivity contribution in [1.82, 2.24) is 0 Å². The zero-order valence-electron chi connectivity index (χ0n) is 11.8. The van der Waals surface area contributed by atoms with Gasteiger partial charge in [0.15, 0.2) is 0 Å². The summed E-state index contributed by atoms with van der Waals surface area (Å²) in [5.74, 6) is 1.28. The number of halogens is 1. The van der Waals surface area contributed by atoms with Gasteiger partial charge in [0, 0.05) is 5.02 Å². The van der Waals surface area contributed by atoms with Crippen LogP contribution < -0.4 is 4.74 Å². The summed E-state index contributed by atoms with van der Waals surface area (Å²) in [7, 11) is 0. The van der Waals surface area contributed by atoms with Gasteiger partial charge in [0.2, 0.25) is 0 Å². The first-order valence-corrected chi connectivity index (χ1v) is 7.77.